The number of hydrogen-bond acceptors (Lipinski definition) is 5. The van der Waals surface area contributed by atoms with Gasteiger partial charge in [0.25, 0.3) is 5.56 Å². The van der Waals surface area contributed by atoms with Gasteiger partial charge in [-0.2, -0.15) is 5.90 Å². The molecule has 2 aromatic carbocycles. The second kappa shape index (κ2) is 10.7. The summed E-state index contributed by atoms with van der Waals surface area (Å²) in [6.45, 7) is 2.79. The fourth-order valence-electron chi connectivity index (χ4n) is 3.14. The van der Waals surface area contributed by atoms with Gasteiger partial charge in [-0.3, -0.25) is 4.79 Å². The molecule has 31 heavy (non-hydrogen) atoms. The van der Waals surface area contributed by atoms with Crippen LogP contribution >= 0.6 is 31.9 Å². The number of pyridine rings is 1. The topological polar surface area (TPSA) is 83.5 Å². The van der Waals surface area contributed by atoms with Crippen LogP contribution in [0.1, 0.15) is 34.1 Å². The largest absolute Gasteiger partial charge is 0.487 e. The van der Waals surface area contributed by atoms with Crippen molar-refractivity contribution in [1.29, 1.82) is 0 Å². The van der Waals surface area contributed by atoms with Gasteiger partial charge in [0.15, 0.2) is 0 Å². The number of nitrogens with two attached hydrogens (primary N) is 1. The smallest absolute Gasteiger partial charge is 0.356 e. The van der Waals surface area contributed by atoms with Gasteiger partial charge in [0.2, 0.25) is 0 Å². The zero-order valence-electron chi connectivity index (χ0n) is 16.9. The van der Waals surface area contributed by atoms with Crippen molar-refractivity contribution in [3.8, 4) is 5.75 Å². The van der Waals surface area contributed by atoms with Crippen molar-refractivity contribution in [2.45, 2.75) is 32.9 Å². The quantitative estimate of drug-likeness (QED) is 0.408. The van der Waals surface area contributed by atoms with Gasteiger partial charge in [0.05, 0.1) is 15.7 Å². The first-order chi connectivity index (χ1) is 14.9. The van der Waals surface area contributed by atoms with Crippen molar-refractivity contribution in [2.24, 2.45) is 5.90 Å². The van der Waals surface area contributed by atoms with Gasteiger partial charge in [-0.25, -0.2) is 4.79 Å². The van der Waals surface area contributed by atoms with Crippen molar-refractivity contribution in [3.05, 3.63) is 96.3 Å². The number of halogens is 2. The Labute approximate surface area is 197 Å². The number of nitrogens with zero attached hydrogens (tertiary/aromatic N) is 1. The third-order valence-corrected chi connectivity index (χ3v) is 6.16. The maximum Gasteiger partial charge on any atom is 0.356 e. The Balaban J connectivity index is 1.80. The summed E-state index contributed by atoms with van der Waals surface area (Å²) in [6.07, 6.45) is 1.52. The zero-order valence-corrected chi connectivity index (χ0v) is 20.1. The summed E-state index contributed by atoms with van der Waals surface area (Å²) in [5, 5.41) is 0. The van der Waals surface area contributed by atoms with E-state index in [0.717, 1.165) is 27.9 Å². The Bertz CT molecular complexity index is 1130. The molecule has 0 aliphatic carbocycles. The molecule has 0 atom stereocenters. The van der Waals surface area contributed by atoms with Crippen molar-refractivity contribution >= 4 is 37.8 Å². The van der Waals surface area contributed by atoms with Crippen molar-refractivity contribution in [2.75, 3.05) is 0 Å². The normalized spacial score (nSPS) is 10.7. The van der Waals surface area contributed by atoms with Crippen LogP contribution in [0.3, 0.4) is 0 Å². The molecule has 1 aromatic heterocycles. The average molecular weight is 550 g/mol. The monoisotopic (exact) mass is 548 g/mol. The molecule has 0 fully saturated rings. The lowest BCUT2D eigenvalue weighted by Gasteiger charge is -2.17. The van der Waals surface area contributed by atoms with Crippen LogP contribution in [0.4, 0.5) is 0 Å². The Morgan fingerprint density at radius 3 is 2.45 bits per heavy atom. The molecular weight excluding hydrogens is 528 g/mol. The summed E-state index contributed by atoms with van der Waals surface area (Å²) >= 11 is 6.90. The van der Waals surface area contributed by atoms with Crippen molar-refractivity contribution in [1.82, 2.24) is 4.57 Å². The molecule has 0 spiro atoms. The van der Waals surface area contributed by atoms with Crippen LogP contribution in [0.15, 0.2) is 68.3 Å². The van der Waals surface area contributed by atoms with Crippen LogP contribution in [0.2, 0.25) is 0 Å². The van der Waals surface area contributed by atoms with Gasteiger partial charge in [0, 0.05) is 11.0 Å². The fourth-order valence-corrected chi connectivity index (χ4v) is 4.45. The summed E-state index contributed by atoms with van der Waals surface area (Å²) in [7, 11) is 0. The molecule has 1 heterocycles. The van der Waals surface area contributed by atoms with E-state index in [1.807, 2.05) is 30.3 Å². The molecular formula is C23H22Br2N2O4. The molecule has 162 valence electrons. The van der Waals surface area contributed by atoms with E-state index in [9.17, 15) is 9.59 Å². The van der Waals surface area contributed by atoms with E-state index in [1.165, 1.54) is 5.56 Å². The van der Waals surface area contributed by atoms with Crippen LogP contribution in [-0.2, 0) is 30.8 Å². The summed E-state index contributed by atoms with van der Waals surface area (Å²) in [4.78, 5) is 28.5. The number of rotatable bonds is 8. The number of aromatic nitrogens is 1. The number of aryl methyl sites for hydroxylation is 2. The molecule has 0 radical (unpaired) electrons. The Morgan fingerprint density at radius 1 is 1.03 bits per heavy atom. The minimum atomic E-state index is -0.592. The lowest BCUT2D eigenvalue weighted by molar-refractivity contribution is 0.0503. The van der Waals surface area contributed by atoms with E-state index in [2.05, 4.69) is 49.7 Å². The van der Waals surface area contributed by atoms with Gasteiger partial charge in [-0.05, 0) is 86.2 Å². The molecule has 0 saturated heterocycles. The number of carbonyl (C=O) groups is 1. The predicted molar refractivity (Wildman–Crippen MR) is 126 cm³/mol. The van der Waals surface area contributed by atoms with E-state index in [0.29, 0.717) is 23.0 Å². The highest BCUT2D eigenvalue weighted by atomic mass is 79.9. The number of benzene rings is 2. The highest BCUT2D eigenvalue weighted by Gasteiger charge is 2.14. The molecule has 0 amide bonds. The van der Waals surface area contributed by atoms with Crippen LogP contribution in [-0.4, -0.2) is 10.5 Å². The van der Waals surface area contributed by atoms with Gasteiger partial charge in [-0.15, -0.1) is 0 Å². The first-order valence-corrected chi connectivity index (χ1v) is 11.3. The first kappa shape index (κ1) is 23.2. The molecule has 6 nitrogen and oxygen atoms in total. The number of hydrogen-bond donors (Lipinski definition) is 1. The van der Waals surface area contributed by atoms with E-state index in [1.54, 1.807) is 22.8 Å². The zero-order chi connectivity index (χ0) is 22.4. The molecule has 0 aliphatic heterocycles. The van der Waals surface area contributed by atoms with E-state index in [4.69, 9.17) is 10.6 Å². The Kier molecular flexibility index (Phi) is 8.06. The summed E-state index contributed by atoms with van der Waals surface area (Å²) in [5.74, 6) is 5.08. The Hall–Kier alpha value is -2.42. The van der Waals surface area contributed by atoms with Crippen LogP contribution in [0, 0.1) is 0 Å². The number of ether oxygens (including phenoxy) is 1. The van der Waals surface area contributed by atoms with Gasteiger partial charge in [-0.1, -0.05) is 31.2 Å². The van der Waals surface area contributed by atoms with Gasteiger partial charge in [0.1, 0.15) is 12.4 Å². The summed E-state index contributed by atoms with van der Waals surface area (Å²) < 4.78 is 8.94. The molecule has 0 bridgehead atoms. The molecule has 0 saturated carbocycles. The number of carbonyl (C=O) groups excluding carboxylic acids is 1. The minimum Gasteiger partial charge on any atom is -0.487 e. The summed E-state index contributed by atoms with van der Waals surface area (Å²) in [6, 6.07) is 16.6. The lowest BCUT2D eigenvalue weighted by atomic mass is 10.1. The standard InChI is InChI=1S/C23H22Br2N2O4/c1-2-15-4-3-5-18(12-15)30-14-21-19(24)13-20(25)22(28)27(21)11-10-16-6-8-17(9-7-16)23(29)31-26/h3-9,12-13H,2,10-11,14,26H2,1H3. The van der Waals surface area contributed by atoms with E-state index >= 15 is 0 Å². The van der Waals surface area contributed by atoms with Crippen LogP contribution in [0.5, 0.6) is 5.75 Å². The highest BCUT2D eigenvalue weighted by molar-refractivity contribution is 9.11. The third-order valence-electron chi connectivity index (χ3n) is 4.91. The van der Waals surface area contributed by atoms with Crippen molar-refractivity contribution < 1.29 is 14.4 Å². The SMILES string of the molecule is CCc1cccc(OCc2c(Br)cc(Br)c(=O)n2CCc2ccc(C(=O)ON)cc2)c1. The Morgan fingerprint density at radius 2 is 1.77 bits per heavy atom. The lowest BCUT2D eigenvalue weighted by Crippen LogP contribution is -2.26. The minimum absolute atomic E-state index is 0.132. The predicted octanol–water partition coefficient (Wildman–Crippen LogP) is 4.79. The molecule has 0 aliphatic rings. The maximum atomic E-state index is 12.8. The molecule has 3 aromatic rings. The fraction of sp³-hybridized carbons (Fsp3) is 0.217. The van der Waals surface area contributed by atoms with Crippen LogP contribution in [0.25, 0.3) is 0 Å². The van der Waals surface area contributed by atoms with Crippen LogP contribution < -0.4 is 16.2 Å². The molecule has 0 unspecified atom stereocenters. The summed E-state index contributed by atoms with van der Waals surface area (Å²) in [5.41, 5.74) is 3.15. The van der Waals surface area contributed by atoms with Crippen molar-refractivity contribution in [3.63, 3.8) is 0 Å². The van der Waals surface area contributed by atoms with Gasteiger partial charge < -0.3 is 14.1 Å². The maximum absolute atomic E-state index is 12.8. The molecule has 8 heteroatoms. The van der Waals surface area contributed by atoms with E-state index in [-0.39, 0.29) is 12.2 Å². The second-order valence-electron chi connectivity index (χ2n) is 6.89. The first-order valence-electron chi connectivity index (χ1n) is 9.72. The van der Waals surface area contributed by atoms with E-state index < -0.39 is 5.97 Å². The molecule has 2 N–H and O–H groups in total. The molecule has 3 rings (SSSR count). The highest BCUT2D eigenvalue weighted by Crippen LogP contribution is 2.22. The third kappa shape index (κ3) is 5.84. The van der Waals surface area contributed by atoms with Gasteiger partial charge >= 0.3 is 5.97 Å². The second-order valence-corrected chi connectivity index (χ2v) is 8.59. The average Bonchev–Trinajstić information content (AvgIpc) is 2.79.